The number of amides is 1. The molecule has 0 fully saturated rings. The first-order valence-corrected chi connectivity index (χ1v) is 5.68. The number of anilines is 1. The molecule has 0 saturated carbocycles. The third kappa shape index (κ3) is 2.96. The van der Waals surface area contributed by atoms with Crippen molar-refractivity contribution in [3.8, 4) is 5.69 Å². The molecule has 1 amide bonds. The summed E-state index contributed by atoms with van der Waals surface area (Å²) in [6, 6.07) is 5.18. The van der Waals surface area contributed by atoms with Crippen molar-refractivity contribution in [1.82, 2.24) is 9.78 Å². The second-order valence-corrected chi connectivity index (χ2v) is 4.27. The predicted octanol–water partition coefficient (Wildman–Crippen LogP) is 2.69. The highest BCUT2D eigenvalue weighted by Gasteiger charge is 2.17. The zero-order valence-corrected chi connectivity index (χ0v) is 10.5. The van der Waals surface area contributed by atoms with Crippen LogP contribution in [-0.4, -0.2) is 22.1 Å². The standard InChI is InChI=1S/C13H13F2N3O/c1-8-3-4-11(18-7-9(2)6-16-18)10(5-8)17-13(19)12(14)15/h3-7,12H,1-2H3,(H,17,19). The largest absolute Gasteiger partial charge is 0.319 e. The Bertz CT molecular complexity index is 608. The van der Waals surface area contributed by atoms with Crippen LogP contribution in [0.5, 0.6) is 0 Å². The van der Waals surface area contributed by atoms with E-state index in [9.17, 15) is 13.6 Å². The van der Waals surface area contributed by atoms with Gasteiger partial charge in [-0.2, -0.15) is 13.9 Å². The van der Waals surface area contributed by atoms with Gasteiger partial charge in [0, 0.05) is 6.20 Å². The van der Waals surface area contributed by atoms with E-state index in [1.54, 1.807) is 24.5 Å². The zero-order chi connectivity index (χ0) is 14.0. The Balaban J connectivity index is 2.41. The number of nitrogens with one attached hydrogen (secondary N) is 1. The maximum absolute atomic E-state index is 12.3. The van der Waals surface area contributed by atoms with Crippen LogP contribution >= 0.6 is 0 Å². The highest BCUT2D eigenvalue weighted by Crippen LogP contribution is 2.22. The molecular formula is C13H13F2N3O. The van der Waals surface area contributed by atoms with Gasteiger partial charge in [-0.15, -0.1) is 0 Å². The van der Waals surface area contributed by atoms with Crippen molar-refractivity contribution in [2.24, 2.45) is 0 Å². The molecule has 1 aromatic heterocycles. The number of carbonyl (C=O) groups excluding carboxylic acids is 1. The average molecular weight is 265 g/mol. The molecule has 1 N–H and O–H groups in total. The van der Waals surface area contributed by atoms with Crippen LogP contribution in [0.2, 0.25) is 0 Å². The number of alkyl halides is 2. The Hall–Kier alpha value is -2.24. The molecule has 0 bridgehead atoms. The number of nitrogens with zero attached hydrogens (tertiary/aromatic N) is 2. The van der Waals surface area contributed by atoms with Crippen LogP contribution < -0.4 is 5.32 Å². The summed E-state index contributed by atoms with van der Waals surface area (Å²) in [4.78, 5) is 11.1. The van der Waals surface area contributed by atoms with Crippen LogP contribution in [0.1, 0.15) is 11.1 Å². The fraction of sp³-hybridized carbons (Fsp3) is 0.231. The van der Waals surface area contributed by atoms with Gasteiger partial charge >= 0.3 is 6.43 Å². The summed E-state index contributed by atoms with van der Waals surface area (Å²) in [6.45, 7) is 3.69. The normalized spacial score (nSPS) is 10.8. The second-order valence-electron chi connectivity index (χ2n) is 4.27. The number of benzene rings is 1. The van der Waals surface area contributed by atoms with Gasteiger partial charge < -0.3 is 5.32 Å². The van der Waals surface area contributed by atoms with Crippen molar-refractivity contribution in [2.75, 3.05) is 5.32 Å². The van der Waals surface area contributed by atoms with Crippen LogP contribution in [0.3, 0.4) is 0 Å². The Morgan fingerprint density at radius 2 is 2.05 bits per heavy atom. The van der Waals surface area contributed by atoms with Gasteiger partial charge in [-0.3, -0.25) is 4.79 Å². The fourth-order valence-corrected chi connectivity index (χ4v) is 1.68. The van der Waals surface area contributed by atoms with Crippen molar-refractivity contribution in [3.63, 3.8) is 0 Å². The van der Waals surface area contributed by atoms with E-state index in [2.05, 4.69) is 10.4 Å². The van der Waals surface area contributed by atoms with Crippen LogP contribution in [0.15, 0.2) is 30.6 Å². The monoisotopic (exact) mass is 265 g/mol. The summed E-state index contributed by atoms with van der Waals surface area (Å²) >= 11 is 0. The van der Waals surface area contributed by atoms with Crippen molar-refractivity contribution >= 4 is 11.6 Å². The first kappa shape index (κ1) is 13.2. The molecule has 19 heavy (non-hydrogen) atoms. The van der Waals surface area contributed by atoms with Crippen LogP contribution in [-0.2, 0) is 4.79 Å². The second kappa shape index (κ2) is 5.17. The molecule has 1 aromatic carbocycles. The summed E-state index contributed by atoms with van der Waals surface area (Å²) in [5.41, 5.74) is 2.66. The Kier molecular flexibility index (Phi) is 3.59. The summed E-state index contributed by atoms with van der Waals surface area (Å²) in [6.07, 6.45) is 0.356. The third-order valence-corrected chi connectivity index (χ3v) is 2.57. The van der Waals surface area contributed by atoms with Crippen molar-refractivity contribution in [1.29, 1.82) is 0 Å². The van der Waals surface area contributed by atoms with Crippen LogP contribution in [0.4, 0.5) is 14.5 Å². The van der Waals surface area contributed by atoms with E-state index < -0.39 is 12.3 Å². The lowest BCUT2D eigenvalue weighted by Gasteiger charge is -2.11. The molecule has 0 aliphatic rings. The SMILES string of the molecule is Cc1ccc(-n2cc(C)cn2)c(NC(=O)C(F)F)c1. The van der Waals surface area contributed by atoms with E-state index in [4.69, 9.17) is 0 Å². The predicted molar refractivity (Wildman–Crippen MR) is 67.7 cm³/mol. The van der Waals surface area contributed by atoms with Crippen LogP contribution in [0.25, 0.3) is 5.69 Å². The maximum Gasteiger partial charge on any atom is 0.315 e. The molecule has 1 heterocycles. The van der Waals surface area contributed by atoms with E-state index in [1.165, 1.54) is 4.68 Å². The summed E-state index contributed by atoms with van der Waals surface area (Å²) in [5, 5.41) is 6.32. The Labute approximate surface area is 109 Å². The lowest BCUT2D eigenvalue weighted by atomic mass is 10.2. The number of aromatic nitrogens is 2. The minimum absolute atomic E-state index is 0.313. The summed E-state index contributed by atoms with van der Waals surface area (Å²) < 4.78 is 26.2. The van der Waals surface area contributed by atoms with Crippen molar-refractivity contribution < 1.29 is 13.6 Å². The lowest BCUT2D eigenvalue weighted by molar-refractivity contribution is -0.126. The van der Waals surface area contributed by atoms with E-state index in [-0.39, 0.29) is 0 Å². The molecule has 0 radical (unpaired) electrons. The van der Waals surface area contributed by atoms with Crippen LogP contribution in [0, 0.1) is 13.8 Å². The molecular weight excluding hydrogens is 252 g/mol. The van der Waals surface area contributed by atoms with Gasteiger partial charge in [0.05, 0.1) is 17.6 Å². The number of aryl methyl sites for hydroxylation is 2. The van der Waals surface area contributed by atoms with Gasteiger partial charge in [-0.25, -0.2) is 4.68 Å². The first-order chi connectivity index (χ1) is 8.97. The number of halogens is 2. The van der Waals surface area contributed by atoms with E-state index in [1.807, 2.05) is 19.9 Å². The number of carbonyl (C=O) groups is 1. The van der Waals surface area contributed by atoms with E-state index in [0.717, 1.165) is 11.1 Å². The first-order valence-electron chi connectivity index (χ1n) is 5.68. The lowest BCUT2D eigenvalue weighted by Crippen LogP contribution is -2.21. The quantitative estimate of drug-likeness (QED) is 0.927. The van der Waals surface area contributed by atoms with Gasteiger partial charge in [0.25, 0.3) is 5.91 Å². The van der Waals surface area contributed by atoms with Gasteiger partial charge in [0.15, 0.2) is 0 Å². The number of rotatable bonds is 3. The highest BCUT2D eigenvalue weighted by atomic mass is 19.3. The molecule has 0 aliphatic heterocycles. The molecule has 100 valence electrons. The van der Waals surface area contributed by atoms with E-state index in [0.29, 0.717) is 11.4 Å². The number of hydrogen-bond donors (Lipinski definition) is 1. The van der Waals surface area contributed by atoms with E-state index >= 15 is 0 Å². The minimum Gasteiger partial charge on any atom is -0.319 e. The van der Waals surface area contributed by atoms with Crippen molar-refractivity contribution in [3.05, 3.63) is 41.7 Å². The highest BCUT2D eigenvalue weighted by molar-refractivity contribution is 5.95. The molecule has 6 heteroatoms. The van der Waals surface area contributed by atoms with Gasteiger partial charge in [-0.1, -0.05) is 6.07 Å². The van der Waals surface area contributed by atoms with Gasteiger partial charge in [0.2, 0.25) is 0 Å². The molecule has 0 atom stereocenters. The minimum atomic E-state index is -3.05. The molecule has 2 rings (SSSR count). The molecule has 2 aromatic rings. The van der Waals surface area contributed by atoms with Crippen molar-refractivity contribution in [2.45, 2.75) is 20.3 Å². The smallest absolute Gasteiger partial charge is 0.315 e. The summed E-state index contributed by atoms with van der Waals surface area (Å²) in [5.74, 6) is -1.32. The zero-order valence-electron chi connectivity index (χ0n) is 10.5. The Morgan fingerprint density at radius 3 is 2.63 bits per heavy atom. The molecule has 0 unspecified atom stereocenters. The molecule has 0 aliphatic carbocycles. The summed E-state index contributed by atoms with van der Waals surface area (Å²) in [7, 11) is 0. The average Bonchev–Trinajstić information content (AvgIpc) is 2.75. The molecule has 0 spiro atoms. The Morgan fingerprint density at radius 1 is 1.32 bits per heavy atom. The molecule has 0 saturated heterocycles. The number of hydrogen-bond acceptors (Lipinski definition) is 2. The topological polar surface area (TPSA) is 46.9 Å². The molecule has 4 nitrogen and oxygen atoms in total. The maximum atomic E-state index is 12.3. The van der Waals surface area contributed by atoms with Gasteiger partial charge in [0.1, 0.15) is 0 Å². The third-order valence-electron chi connectivity index (χ3n) is 2.57. The fourth-order valence-electron chi connectivity index (χ4n) is 1.68. The van der Waals surface area contributed by atoms with Gasteiger partial charge in [-0.05, 0) is 37.1 Å².